The van der Waals surface area contributed by atoms with E-state index >= 15 is 0 Å². The van der Waals surface area contributed by atoms with Gasteiger partial charge in [0.05, 0.1) is 0 Å². The summed E-state index contributed by atoms with van der Waals surface area (Å²) in [5.41, 5.74) is 1.35. The normalized spacial score (nSPS) is 10.9. The first kappa shape index (κ1) is 19.4. The van der Waals surface area contributed by atoms with E-state index in [1.54, 1.807) is 0 Å². The highest BCUT2D eigenvalue weighted by Crippen LogP contribution is 2.16. The molecule has 0 radical (unpaired) electrons. The number of aryl methyl sites for hydroxylation is 1. The van der Waals surface area contributed by atoms with Crippen LogP contribution in [0.3, 0.4) is 0 Å². The van der Waals surface area contributed by atoms with E-state index in [2.05, 4.69) is 49.4 Å². The Bertz CT molecular complexity index is 729. The average Bonchev–Trinajstić information content (AvgIpc) is 2.25. The molecule has 8 nitrogen and oxygen atoms in total. The minimum Gasteiger partial charge on any atom is -0.264 e. The number of rotatable bonds is 0. The SMILES string of the molecule is Cc1cccc2ccccc12.O=S(=O)(O)O.O=S(=O)(O)O. The highest BCUT2D eigenvalue weighted by molar-refractivity contribution is 7.80. The second kappa shape index (κ2) is 8.02. The van der Waals surface area contributed by atoms with E-state index in [4.69, 9.17) is 35.0 Å². The molecule has 0 aromatic heterocycles. The van der Waals surface area contributed by atoms with Gasteiger partial charge in [-0.25, -0.2) is 0 Å². The Labute approximate surface area is 122 Å². The second-order valence-corrected chi connectivity index (χ2v) is 5.48. The molecule has 0 unspecified atom stereocenters. The number of hydrogen-bond donors (Lipinski definition) is 4. The Hall–Kier alpha value is -1.56. The first-order valence-corrected chi connectivity index (χ1v) is 8.01. The van der Waals surface area contributed by atoms with Crippen LogP contribution in [0.2, 0.25) is 0 Å². The van der Waals surface area contributed by atoms with Gasteiger partial charge in [-0.15, -0.1) is 0 Å². The molecule has 0 saturated heterocycles. The summed E-state index contributed by atoms with van der Waals surface area (Å²) in [4.78, 5) is 0. The Morgan fingerprint density at radius 2 is 1.10 bits per heavy atom. The molecule has 0 amide bonds. The minimum atomic E-state index is -4.67. The lowest BCUT2D eigenvalue weighted by atomic mass is 10.1. The summed E-state index contributed by atoms with van der Waals surface area (Å²) in [6.45, 7) is 2.14. The lowest BCUT2D eigenvalue weighted by molar-refractivity contribution is 0.378. The third-order valence-electron chi connectivity index (χ3n) is 2.01. The van der Waals surface area contributed by atoms with Gasteiger partial charge in [-0.2, -0.15) is 16.8 Å². The molecular formula is C11H14O8S2. The maximum Gasteiger partial charge on any atom is 0.394 e. The van der Waals surface area contributed by atoms with E-state index in [-0.39, 0.29) is 0 Å². The smallest absolute Gasteiger partial charge is 0.264 e. The van der Waals surface area contributed by atoms with E-state index in [0.29, 0.717) is 0 Å². The molecule has 2 aromatic rings. The lowest BCUT2D eigenvalue weighted by Gasteiger charge is -1.98. The van der Waals surface area contributed by atoms with E-state index in [1.807, 2.05) is 0 Å². The van der Waals surface area contributed by atoms with Gasteiger partial charge in [0.2, 0.25) is 0 Å². The average molecular weight is 338 g/mol. The van der Waals surface area contributed by atoms with Crippen molar-refractivity contribution in [3.8, 4) is 0 Å². The Balaban J connectivity index is 0.000000340. The molecule has 118 valence electrons. The van der Waals surface area contributed by atoms with E-state index in [0.717, 1.165) is 0 Å². The summed E-state index contributed by atoms with van der Waals surface area (Å²) in [6, 6.07) is 14.8. The van der Waals surface area contributed by atoms with Crippen molar-refractivity contribution < 1.29 is 35.0 Å². The highest BCUT2D eigenvalue weighted by atomic mass is 32.3. The van der Waals surface area contributed by atoms with Gasteiger partial charge in [-0.05, 0) is 23.3 Å². The van der Waals surface area contributed by atoms with Crippen molar-refractivity contribution >= 4 is 31.6 Å². The van der Waals surface area contributed by atoms with Crippen LogP contribution in [0.5, 0.6) is 0 Å². The molecule has 0 bridgehead atoms. The Morgan fingerprint density at radius 3 is 1.52 bits per heavy atom. The molecule has 0 spiro atoms. The van der Waals surface area contributed by atoms with Crippen LogP contribution in [0, 0.1) is 6.92 Å². The molecule has 2 rings (SSSR count). The van der Waals surface area contributed by atoms with E-state index < -0.39 is 20.8 Å². The molecule has 0 aliphatic carbocycles. The summed E-state index contributed by atoms with van der Waals surface area (Å²) in [7, 11) is -9.33. The van der Waals surface area contributed by atoms with Crippen LogP contribution in [0.4, 0.5) is 0 Å². The van der Waals surface area contributed by atoms with Crippen LogP contribution in [0.25, 0.3) is 10.8 Å². The molecule has 0 aliphatic rings. The van der Waals surface area contributed by atoms with Crippen LogP contribution in [-0.4, -0.2) is 35.0 Å². The van der Waals surface area contributed by atoms with Crippen LogP contribution >= 0.6 is 0 Å². The number of benzene rings is 2. The zero-order valence-corrected chi connectivity index (χ0v) is 12.4. The van der Waals surface area contributed by atoms with Crippen molar-refractivity contribution in [1.29, 1.82) is 0 Å². The molecule has 4 N–H and O–H groups in total. The molecule has 0 atom stereocenters. The molecule has 0 saturated carbocycles. The zero-order valence-electron chi connectivity index (χ0n) is 10.8. The molecule has 10 heteroatoms. The summed E-state index contributed by atoms with van der Waals surface area (Å²) in [6.07, 6.45) is 0. The lowest BCUT2D eigenvalue weighted by Crippen LogP contribution is -1.89. The van der Waals surface area contributed by atoms with Gasteiger partial charge in [0.25, 0.3) is 0 Å². The topological polar surface area (TPSA) is 149 Å². The number of fused-ring (bicyclic) bond motifs is 1. The molecule has 0 heterocycles. The van der Waals surface area contributed by atoms with E-state index in [9.17, 15) is 0 Å². The van der Waals surface area contributed by atoms with Crippen molar-refractivity contribution in [2.75, 3.05) is 0 Å². The fourth-order valence-corrected chi connectivity index (χ4v) is 1.39. The maximum absolute atomic E-state index is 8.74. The van der Waals surface area contributed by atoms with Crippen molar-refractivity contribution in [2.24, 2.45) is 0 Å². The molecule has 0 aliphatic heterocycles. The molecule has 0 fully saturated rings. The molecule has 21 heavy (non-hydrogen) atoms. The molecular weight excluding hydrogens is 324 g/mol. The van der Waals surface area contributed by atoms with Crippen LogP contribution in [-0.2, 0) is 20.8 Å². The monoisotopic (exact) mass is 338 g/mol. The first-order valence-electron chi connectivity index (χ1n) is 5.22. The first-order chi connectivity index (χ1) is 9.38. The van der Waals surface area contributed by atoms with Crippen LogP contribution < -0.4 is 0 Å². The van der Waals surface area contributed by atoms with Crippen molar-refractivity contribution in [1.82, 2.24) is 0 Å². The fraction of sp³-hybridized carbons (Fsp3) is 0.0909. The van der Waals surface area contributed by atoms with Gasteiger partial charge in [0.1, 0.15) is 0 Å². The summed E-state index contributed by atoms with van der Waals surface area (Å²) >= 11 is 0. The van der Waals surface area contributed by atoms with Gasteiger partial charge in [-0.3, -0.25) is 18.2 Å². The van der Waals surface area contributed by atoms with Gasteiger partial charge < -0.3 is 0 Å². The summed E-state index contributed by atoms with van der Waals surface area (Å²) in [5.74, 6) is 0. The van der Waals surface area contributed by atoms with Crippen molar-refractivity contribution in [3.05, 3.63) is 48.0 Å². The molecule has 2 aromatic carbocycles. The van der Waals surface area contributed by atoms with Crippen molar-refractivity contribution in [2.45, 2.75) is 6.92 Å². The largest absolute Gasteiger partial charge is 0.394 e. The maximum atomic E-state index is 8.74. The predicted octanol–water partition coefficient (Wildman–Crippen LogP) is 1.84. The minimum absolute atomic E-state index is 1.33. The Morgan fingerprint density at radius 1 is 0.714 bits per heavy atom. The third-order valence-corrected chi connectivity index (χ3v) is 2.01. The Kier molecular flexibility index (Phi) is 7.43. The zero-order chi connectivity index (χ0) is 16.7. The predicted molar refractivity (Wildman–Crippen MR) is 77.0 cm³/mol. The summed E-state index contributed by atoms with van der Waals surface area (Å²) in [5, 5.41) is 2.68. The van der Waals surface area contributed by atoms with Crippen LogP contribution in [0.15, 0.2) is 42.5 Å². The van der Waals surface area contributed by atoms with Gasteiger partial charge in [0, 0.05) is 0 Å². The summed E-state index contributed by atoms with van der Waals surface area (Å²) < 4.78 is 63.2. The highest BCUT2D eigenvalue weighted by Gasteiger charge is 1.92. The van der Waals surface area contributed by atoms with Gasteiger partial charge >= 0.3 is 20.8 Å². The quantitative estimate of drug-likeness (QED) is 0.531. The van der Waals surface area contributed by atoms with Gasteiger partial charge in [-0.1, -0.05) is 42.5 Å². The number of hydrogen-bond acceptors (Lipinski definition) is 4. The fourth-order valence-electron chi connectivity index (χ4n) is 1.39. The van der Waals surface area contributed by atoms with Crippen LogP contribution in [0.1, 0.15) is 5.56 Å². The van der Waals surface area contributed by atoms with Gasteiger partial charge in [0.15, 0.2) is 0 Å². The van der Waals surface area contributed by atoms with E-state index in [1.165, 1.54) is 16.3 Å². The standard InChI is InChI=1S/C11H10.2H2O4S/c1-9-5-4-7-10-6-2-3-8-11(9)10;2*1-5(2,3)4/h2-8H,1H3;2*(H2,1,2,3,4). The third kappa shape index (κ3) is 13.2. The van der Waals surface area contributed by atoms with Crippen molar-refractivity contribution in [3.63, 3.8) is 0 Å². The second-order valence-electron chi connectivity index (χ2n) is 3.69.